The Labute approximate surface area is 325 Å². The van der Waals surface area contributed by atoms with E-state index < -0.39 is 0 Å². The lowest BCUT2D eigenvalue weighted by Gasteiger charge is -2.24. The first-order valence-electron chi connectivity index (χ1n) is 23.4. The molecule has 0 rings (SSSR count). The third kappa shape index (κ3) is 49.6. The van der Waals surface area contributed by atoms with E-state index in [-0.39, 0.29) is 5.78 Å². The van der Waals surface area contributed by atoms with Crippen molar-refractivity contribution >= 4 is 5.78 Å². The smallest absolute Gasteiger partial charge is 0.133 e. The molecule has 0 aliphatic heterocycles. The van der Waals surface area contributed by atoms with Gasteiger partial charge in [-0.3, -0.25) is 4.79 Å². The first-order chi connectivity index (χ1) is 24.9. The number of carbonyl (C=O) groups is 1. The molecule has 0 heterocycles. The number of unbranched alkanes of at least 4 members (excludes halogenated alkanes) is 28. The predicted molar refractivity (Wildman–Crippen MR) is 233 cm³/mol. The molecule has 0 saturated heterocycles. The van der Waals surface area contributed by atoms with Gasteiger partial charge in [-0.05, 0) is 52.4 Å². The van der Waals surface area contributed by atoms with Gasteiger partial charge >= 0.3 is 0 Å². The number of Topliss-reactive ketones (excluding diaryl/α,β-unsaturated/α-hetero) is 1. The van der Waals surface area contributed by atoms with E-state index in [0.29, 0.717) is 6.42 Å². The van der Waals surface area contributed by atoms with Crippen molar-refractivity contribution in [1.29, 1.82) is 0 Å². The Balaban J connectivity index is 0. The van der Waals surface area contributed by atoms with Crippen LogP contribution in [0.3, 0.4) is 0 Å². The van der Waals surface area contributed by atoms with Gasteiger partial charge < -0.3 is 9.80 Å². The van der Waals surface area contributed by atoms with Crippen molar-refractivity contribution in [2.75, 3.05) is 40.3 Å². The summed E-state index contributed by atoms with van der Waals surface area (Å²) < 4.78 is 0. The second-order valence-electron chi connectivity index (χ2n) is 16.6. The standard InChI is InChI=1S/C26H53.C22H45N2O/c1-4-6-8-10-12-14-16-18-20-22-24-26(3)25-23-21-19-17-15-13-11-9-7-5-2;1-5-6-7-8-9-12-15-18-24(21-20-23(3)4)19-16-13-10-11-14-17-22(2)25/h26H,3-25H2,1-2H3;2,5-21H2,1,3-4H3. The van der Waals surface area contributed by atoms with Crippen LogP contribution in [-0.4, -0.2) is 55.9 Å². The highest BCUT2D eigenvalue weighted by Crippen LogP contribution is 2.19. The summed E-state index contributed by atoms with van der Waals surface area (Å²) in [4.78, 5) is 15.8. The van der Waals surface area contributed by atoms with Crippen LogP contribution in [0.15, 0.2) is 0 Å². The Hall–Kier alpha value is -0.410. The van der Waals surface area contributed by atoms with Crippen molar-refractivity contribution in [3.8, 4) is 0 Å². The van der Waals surface area contributed by atoms with Crippen LogP contribution in [0.5, 0.6) is 0 Å². The Bertz CT molecular complexity index is 611. The van der Waals surface area contributed by atoms with E-state index in [4.69, 9.17) is 0 Å². The molecule has 306 valence electrons. The molecule has 2 radical (unpaired) electrons. The monoisotopic (exact) mass is 719 g/mol. The van der Waals surface area contributed by atoms with Crippen LogP contribution in [0.1, 0.15) is 245 Å². The Morgan fingerprint density at radius 3 is 1.02 bits per heavy atom. The third-order valence-corrected chi connectivity index (χ3v) is 10.8. The lowest BCUT2D eigenvalue weighted by molar-refractivity contribution is -0.114. The number of rotatable bonds is 41. The second-order valence-corrected chi connectivity index (χ2v) is 16.6. The van der Waals surface area contributed by atoms with Gasteiger partial charge in [-0.2, -0.15) is 0 Å². The van der Waals surface area contributed by atoms with Crippen molar-refractivity contribution in [3.63, 3.8) is 0 Å². The van der Waals surface area contributed by atoms with E-state index in [0.717, 1.165) is 18.9 Å². The molecule has 51 heavy (non-hydrogen) atoms. The summed E-state index contributed by atoms with van der Waals surface area (Å²) >= 11 is 0. The Morgan fingerprint density at radius 2 is 0.706 bits per heavy atom. The molecule has 0 atom stereocenters. The molecule has 0 N–H and O–H groups in total. The number of carbonyl (C=O) groups excluding carboxylic acids is 1. The lowest BCUT2D eigenvalue weighted by atomic mass is 9.95. The molecule has 0 aromatic heterocycles. The van der Waals surface area contributed by atoms with E-state index in [1.807, 2.05) is 0 Å². The van der Waals surface area contributed by atoms with Crippen LogP contribution in [0.4, 0.5) is 0 Å². The molecule has 3 nitrogen and oxygen atoms in total. The van der Waals surface area contributed by atoms with Gasteiger partial charge in [-0.1, -0.05) is 227 Å². The van der Waals surface area contributed by atoms with Crippen LogP contribution in [0.25, 0.3) is 0 Å². The predicted octanol–water partition coefficient (Wildman–Crippen LogP) is 15.4. The highest BCUT2D eigenvalue weighted by molar-refractivity contribution is 5.82. The number of nitrogens with zero attached hydrogens (tertiary/aromatic N) is 2. The highest BCUT2D eigenvalue weighted by Gasteiger charge is 2.06. The van der Waals surface area contributed by atoms with Crippen LogP contribution in [0.2, 0.25) is 0 Å². The second kappa shape index (κ2) is 45.7. The molecular weight excluding hydrogens is 621 g/mol. The fourth-order valence-corrected chi connectivity index (χ4v) is 7.14. The molecule has 3 heteroatoms. The topological polar surface area (TPSA) is 23.6 Å². The molecule has 0 saturated carbocycles. The van der Waals surface area contributed by atoms with Gasteiger partial charge in [-0.25, -0.2) is 0 Å². The molecule has 0 spiro atoms. The third-order valence-electron chi connectivity index (χ3n) is 10.8. The summed E-state index contributed by atoms with van der Waals surface area (Å²) in [6, 6.07) is 0. The fraction of sp³-hybridized carbons (Fsp3) is 0.938. The summed E-state index contributed by atoms with van der Waals surface area (Å²) in [5.41, 5.74) is 0. The number of hydrogen-bond donors (Lipinski definition) is 0. The number of likely N-dealkylation sites (N-methyl/N-ethyl adjacent to an activating group) is 1. The van der Waals surface area contributed by atoms with E-state index in [9.17, 15) is 4.79 Å². The van der Waals surface area contributed by atoms with Gasteiger partial charge in [0.05, 0.1) is 0 Å². The largest absolute Gasteiger partial charge is 0.308 e. The Kier molecular flexibility index (Phi) is 47.3. The van der Waals surface area contributed by atoms with E-state index in [1.54, 1.807) is 0 Å². The van der Waals surface area contributed by atoms with Gasteiger partial charge in [0, 0.05) is 26.4 Å². The maximum atomic E-state index is 10.8. The molecule has 0 amide bonds. The van der Waals surface area contributed by atoms with Crippen molar-refractivity contribution in [2.45, 2.75) is 245 Å². The van der Waals surface area contributed by atoms with Crippen molar-refractivity contribution < 1.29 is 4.79 Å². The van der Waals surface area contributed by atoms with E-state index >= 15 is 0 Å². The molecule has 0 aliphatic rings. The minimum Gasteiger partial charge on any atom is -0.308 e. The summed E-state index contributed by atoms with van der Waals surface area (Å²) in [7, 11) is 4.32. The van der Waals surface area contributed by atoms with E-state index in [2.05, 4.69) is 58.5 Å². The Morgan fingerprint density at radius 1 is 0.412 bits per heavy atom. The molecule has 0 aromatic rings. The maximum Gasteiger partial charge on any atom is 0.133 e. The summed E-state index contributed by atoms with van der Waals surface area (Å²) in [5.74, 6) is 0.808. The summed E-state index contributed by atoms with van der Waals surface area (Å²) in [6.45, 7) is 19.5. The zero-order valence-corrected chi connectivity index (χ0v) is 36.4. The normalized spacial score (nSPS) is 11.6. The number of hydrogen-bond acceptors (Lipinski definition) is 3. The zero-order valence-electron chi connectivity index (χ0n) is 36.4. The maximum absolute atomic E-state index is 10.8. The molecule has 0 bridgehead atoms. The van der Waals surface area contributed by atoms with Gasteiger partial charge in [0.15, 0.2) is 0 Å². The summed E-state index contributed by atoms with van der Waals surface area (Å²) in [6.07, 6.45) is 48.1. The average molecular weight is 719 g/mol. The van der Waals surface area contributed by atoms with Crippen LogP contribution >= 0.6 is 0 Å². The van der Waals surface area contributed by atoms with Crippen LogP contribution < -0.4 is 0 Å². The van der Waals surface area contributed by atoms with Crippen LogP contribution in [0, 0.1) is 19.8 Å². The molecule has 0 fully saturated rings. The average Bonchev–Trinajstić information content (AvgIpc) is 3.11. The first-order valence-corrected chi connectivity index (χ1v) is 23.4. The summed E-state index contributed by atoms with van der Waals surface area (Å²) in [5, 5.41) is 0. The molecule has 0 aromatic carbocycles. The van der Waals surface area contributed by atoms with Crippen molar-refractivity contribution in [1.82, 2.24) is 9.80 Å². The van der Waals surface area contributed by atoms with Crippen LogP contribution in [-0.2, 0) is 4.79 Å². The minimum atomic E-state index is 0.0876. The molecular formula is C48H98N2O. The minimum absolute atomic E-state index is 0.0876. The molecule has 0 aliphatic carbocycles. The van der Waals surface area contributed by atoms with Crippen molar-refractivity contribution in [2.24, 2.45) is 5.92 Å². The SMILES string of the molecule is [CH2]C(=O)CCCCCCCN(CCCCCCCCC)CCN(C)C.[CH2]C(CCCCCCCCCCCC)CCCCCCCCCCCC. The highest BCUT2D eigenvalue weighted by atomic mass is 16.1. The van der Waals surface area contributed by atoms with Gasteiger partial charge in [-0.15, -0.1) is 0 Å². The quantitative estimate of drug-likeness (QED) is 0.0588. The number of ketones is 1. The fourth-order valence-electron chi connectivity index (χ4n) is 7.14. The van der Waals surface area contributed by atoms with Gasteiger partial charge in [0.1, 0.15) is 5.78 Å². The first kappa shape index (κ1) is 52.7. The van der Waals surface area contributed by atoms with Gasteiger partial charge in [0.2, 0.25) is 0 Å². The van der Waals surface area contributed by atoms with Gasteiger partial charge in [0.25, 0.3) is 0 Å². The molecule has 0 unspecified atom stereocenters. The lowest BCUT2D eigenvalue weighted by Crippen LogP contribution is -2.33. The zero-order chi connectivity index (χ0) is 37.9. The van der Waals surface area contributed by atoms with E-state index in [1.165, 1.54) is 232 Å². The van der Waals surface area contributed by atoms with Crippen molar-refractivity contribution in [3.05, 3.63) is 13.8 Å².